The van der Waals surface area contributed by atoms with Crippen molar-refractivity contribution in [2.24, 2.45) is 0 Å². The molecule has 0 aliphatic carbocycles. The summed E-state index contributed by atoms with van der Waals surface area (Å²) in [5.74, 6) is -0.361. The number of hydrogen-bond donors (Lipinski definition) is 2. The van der Waals surface area contributed by atoms with Crippen LogP contribution in [0, 0.1) is 6.92 Å². The van der Waals surface area contributed by atoms with Crippen molar-refractivity contribution in [1.82, 2.24) is 4.72 Å². The zero-order valence-corrected chi connectivity index (χ0v) is 16.6. The molecule has 0 atom stereocenters. The average molecular weight is 394 g/mol. The van der Waals surface area contributed by atoms with Gasteiger partial charge in [-0.2, -0.15) is 0 Å². The molecule has 5 nitrogen and oxygen atoms in total. The first-order chi connectivity index (χ1) is 13.4. The Morgan fingerprint density at radius 3 is 2.18 bits per heavy atom. The second-order valence-corrected chi connectivity index (χ2v) is 8.11. The van der Waals surface area contributed by atoms with Gasteiger partial charge in [-0.25, -0.2) is 13.1 Å². The number of hydrogen-bond acceptors (Lipinski definition) is 3. The summed E-state index contributed by atoms with van der Waals surface area (Å²) in [6.07, 6.45) is 0. The number of amides is 1. The average Bonchev–Trinajstić information content (AvgIpc) is 2.69. The maximum Gasteiger partial charge on any atom is 0.255 e. The highest BCUT2D eigenvalue weighted by Crippen LogP contribution is 2.22. The van der Waals surface area contributed by atoms with E-state index in [1.54, 1.807) is 26.0 Å². The van der Waals surface area contributed by atoms with Crippen molar-refractivity contribution in [1.29, 1.82) is 0 Å². The lowest BCUT2D eigenvalue weighted by atomic mass is 10.1. The summed E-state index contributed by atoms with van der Waals surface area (Å²) < 4.78 is 27.1. The van der Waals surface area contributed by atoms with Crippen molar-refractivity contribution in [2.75, 3.05) is 11.9 Å². The predicted octanol–water partition coefficient (Wildman–Crippen LogP) is 4.21. The van der Waals surface area contributed by atoms with E-state index in [9.17, 15) is 13.2 Å². The van der Waals surface area contributed by atoms with Crippen LogP contribution >= 0.6 is 0 Å². The van der Waals surface area contributed by atoms with Gasteiger partial charge in [0.25, 0.3) is 5.91 Å². The van der Waals surface area contributed by atoms with Gasteiger partial charge in [-0.15, -0.1) is 0 Å². The van der Waals surface area contributed by atoms with Crippen LogP contribution < -0.4 is 10.0 Å². The molecule has 0 aromatic heterocycles. The summed E-state index contributed by atoms with van der Waals surface area (Å²) in [6.45, 7) is 3.70. The van der Waals surface area contributed by atoms with Crippen LogP contribution in [0.2, 0.25) is 0 Å². The van der Waals surface area contributed by atoms with Gasteiger partial charge in [-0.3, -0.25) is 4.79 Å². The molecule has 0 saturated carbocycles. The molecule has 0 saturated heterocycles. The molecule has 0 bridgehead atoms. The van der Waals surface area contributed by atoms with E-state index < -0.39 is 10.0 Å². The first-order valence-electron chi connectivity index (χ1n) is 8.98. The Hall–Kier alpha value is -2.96. The van der Waals surface area contributed by atoms with Crippen LogP contribution in [0.15, 0.2) is 77.7 Å². The number of nitrogens with one attached hydrogen (secondary N) is 2. The highest BCUT2D eigenvalue weighted by molar-refractivity contribution is 7.89. The zero-order valence-electron chi connectivity index (χ0n) is 15.8. The molecule has 0 radical (unpaired) electrons. The van der Waals surface area contributed by atoms with Gasteiger partial charge in [0.2, 0.25) is 10.0 Å². The molecule has 3 aromatic rings. The Morgan fingerprint density at radius 1 is 0.893 bits per heavy atom. The fourth-order valence-corrected chi connectivity index (χ4v) is 4.19. The molecule has 28 heavy (non-hydrogen) atoms. The highest BCUT2D eigenvalue weighted by atomic mass is 32.2. The Balaban J connectivity index is 1.80. The van der Waals surface area contributed by atoms with Gasteiger partial charge in [-0.05, 0) is 47.9 Å². The van der Waals surface area contributed by atoms with Crippen LogP contribution in [0.4, 0.5) is 5.69 Å². The van der Waals surface area contributed by atoms with Crippen molar-refractivity contribution < 1.29 is 13.2 Å². The number of aryl methyl sites for hydroxylation is 1. The van der Waals surface area contributed by atoms with E-state index in [1.807, 2.05) is 54.6 Å². The Labute approximate surface area is 165 Å². The van der Waals surface area contributed by atoms with Gasteiger partial charge in [0.05, 0.1) is 4.90 Å². The van der Waals surface area contributed by atoms with E-state index in [2.05, 4.69) is 10.0 Å². The van der Waals surface area contributed by atoms with Crippen molar-refractivity contribution >= 4 is 21.6 Å². The largest absolute Gasteiger partial charge is 0.322 e. The lowest BCUT2D eigenvalue weighted by Crippen LogP contribution is -2.24. The lowest BCUT2D eigenvalue weighted by molar-refractivity contribution is 0.102. The molecule has 0 aliphatic heterocycles. The summed E-state index contributed by atoms with van der Waals surface area (Å²) in [5.41, 5.74) is 3.66. The van der Waals surface area contributed by atoms with Gasteiger partial charge >= 0.3 is 0 Å². The summed E-state index contributed by atoms with van der Waals surface area (Å²) in [4.78, 5) is 12.7. The quantitative estimate of drug-likeness (QED) is 0.657. The van der Waals surface area contributed by atoms with E-state index in [4.69, 9.17) is 0 Å². The molecule has 3 aromatic carbocycles. The maximum atomic E-state index is 12.6. The van der Waals surface area contributed by atoms with Crippen molar-refractivity contribution in [3.8, 4) is 11.1 Å². The normalized spacial score (nSPS) is 11.2. The van der Waals surface area contributed by atoms with Crippen molar-refractivity contribution in [2.45, 2.75) is 18.7 Å². The molecule has 6 heteroatoms. The predicted molar refractivity (Wildman–Crippen MR) is 112 cm³/mol. The molecule has 1 amide bonds. The molecule has 0 heterocycles. The van der Waals surface area contributed by atoms with Gasteiger partial charge in [-0.1, -0.05) is 55.5 Å². The molecule has 2 N–H and O–H groups in total. The highest BCUT2D eigenvalue weighted by Gasteiger charge is 2.18. The van der Waals surface area contributed by atoms with Crippen LogP contribution in [0.3, 0.4) is 0 Å². The van der Waals surface area contributed by atoms with Crippen LogP contribution in [0.1, 0.15) is 22.8 Å². The summed E-state index contributed by atoms with van der Waals surface area (Å²) >= 11 is 0. The first-order valence-corrected chi connectivity index (χ1v) is 10.5. The number of carbonyl (C=O) groups is 1. The van der Waals surface area contributed by atoms with E-state index in [0.29, 0.717) is 11.3 Å². The minimum absolute atomic E-state index is 0.112. The molecule has 0 unspecified atom stereocenters. The number of rotatable bonds is 6. The van der Waals surface area contributed by atoms with E-state index in [0.717, 1.165) is 11.1 Å². The topological polar surface area (TPSA) is 75.3 Å². The standard InChI is InChI=1S/C22H22N2O3S/c1-3-23-28(26,27)21-15-19(10-9-16(21)2)22(25)24-20-13-11-18(12-14-20)17-7-5-4-6-8-17/h4-15,23H,3H2,1-2H3,(H,24,25). The monoisotopic (exact) mass is 394 g/mol. The fourth-order valence-electron chi connectivity index (χ4n) is 2.88. The fraction of sp³-hybridized carbons (Fsp3) is 0.136. The Bertz CT molecular complexity index is 1080. The second kappa shape index (κ2) is 8.37. The molecule has 0 aliphatic rings. The van der Waals surface area contributed by atoms with Gasteiger partial charge < -0.3 is 5.32 Å². The zero-order chi connectivity index (χ0) is 20.1. The third-order valence-electron chi connectivity index (χ3n) is 4.32. The Kier molecular flexibility index (Phi) is 5.92. The minimum Gasteiger partial charge on any atom is -0.322 e. The second-order valence-electron chi connectivity index (χ2n) is 6.38. The van der Waals surface area contributed by atoms with E-state index in [-0.39, 0.29) is 22.9 Å². The summed E-state index contributed by atoms with van der Waals surface area (Å²) in [7, 11) is -3.64. The molecule has 0 spiro atoms. The smallest absolute Gasteiger partial charge is 0.255 e. The van der Waals surface area contributed by atoms with Crippen molar-refractivity contribution in [3.05, 3.63) is 83.9 Å². The van der Waals surface area contributed by atoms with Gasteiger partial charge in [0, 0.05) is 17.8 Å². The van der Waals surface area contributed by atoms with Crippen LogP contribution in [-0.2, 0) is 10.0 Å². The number of benzene rings is 3. The molecule has 3 rings (SSSR count). The van der Waals surface area contributed by atoms with Crippen molar-refractivity contribution in [3.63, 3.8) is 0 Å². The van der Waals surface area contributed by atoms with Gasteiger partial charge in [0.15, 0.2) is 0 Å². The van der Waals surface area contributed by atoms with E-state index in [1.165, 1.54) is 6.07 Å². The van der Waals surface area contributed by atoms with Crippen LogP contribution in [0.25, 0.3) is 11.1 Å². The van der Waals surface area contributed by atoms with Gasteiger partial charge in [0.1, 0.15) is 0 Å². The lowest BCUT2D eigenvalue weighted by Gasteiger charge is -2.11. The molecular formula is C22H22N2O3S. The third kappa shape index (κ3) is 4.47. The SMILES string of the molecule is CCNS(=O)(=O)c1cc(C(=O)Nc2ccc(-c3ccccc3)cc2)ccc1C. The molecular weight excluding hydrogens is 372 g/mol. The number of carbonyl (C=O) groups excluding carboxylic acids is 1. The maximum absolute atomic E-state index is 12.6. The first kappa shape index (κ1) is 19.8. The number of anilines is 1. The summed E-state index contributed by atoms with van der Waals surface area (Å²) in [6, 6.07) is 22.1. The van der Waals surface area contributed by atoms with E-state index >= 15 is 0 Å². The van der Waals surface area contributed by atoms with Crippen LogP contribution in [0.5, 0.6) is 0 Å². The molecule has 144 valence electrons. The third-order valence-corrected chi connectivity index (χ3v) is 6.01. The Morgan fingerprint density at radius 2 is 1.54 bits per heavy atom. The summed E-state index contributed by atoms with van der Waals surface area (Å²) in [5, 5.41) is 2.81. The number of sulfonamides is 1. The minimum atomic E-state index is -3.64. The van der Waals surface area contributed by atoms with Crippen LogP contribution in [-0.4, -0.2) is 20.9 Å². The molecule has 0 fully saturated rings.